The van der Waals surface area contributed by atoms with Crippen LogP contribution in [0, 0.1) is 5.92 Å². The first kappa shape index (κ1) is 15.5. The van der Waals surface area contributed by atoms with Crippen molar-refractivity contribution in [3.63, 3.8) is 0 Å². The Hall–Kier alpha value is 0.460. The fourth-order valence-corrected chi connectivity index (χ4v) is 4.07. The molecule has 1 rings (SSSR count). The van der Waals surface area contributed by atoms with Crippen LogP contribution in [0.5, 0.6) is 0 Å². The summed E-state index contributed by atoms with van der Waals surface area (Å²) in [6.45, 7) is 6.75. The number of rotatable bonds is 5. The Kier molecular flexibility index (Phi) is 6.52. The van der Waals surface area contributed by atoms with Crippen molar-refractivity contribution in [2.24, 2.45) is 5.92 Å². The minimum atomic E-state index is 0.478. The molecule has 4 heteroatoms. The van der Waals surface area contributed by atoms with Crippen LogP contribution in [0.25, 0.3) is 0 Å². The molecule has 0 saturated carbocycles. The van der Waals surface area contributed by atoms with Gasteiger partial charge in [-0.2, -0.15) is 0 Å². The van der Waals surface area contributed by atoms with E-state index in [9.17, 15) is 0 Å². The van der Waals surface area contributed by atoms with Crippen LogP contribution >= 0.6 is 47.8 Å². The van der Waals surface area contributed by atoms with E-state index in [0.29, 0.717) is 6.04 Å². The lowest BCUT2D eigenvalue weighted by molar-refractivity contribution is 0.527. The van der Waals surface area contributed by atoms with Crippen molar-refractivity contribution >= 4 is 53.5 Å². The number of hydrogen-bond donors (Lipinski definition) is 1. The lowest BCUT2D eigenvalue weighted by Crippen LogP contribution is -2.16. The Morgan fingerprint density at radius 3 is 2.00 bits per heavy atom. The molecule has 0 aromatic heterocycles. The molecule has 0 heterocycles. The Balaban J connectivity index is 2.68. The number of hydrogen-bond acceptors (Lipinski definition) is 1. The van der Waals surface area contributed by atoms with Crippen LogP contribution in [0.15, 0.2) is 25.6 Å². The molecule has 1 aromatic rings. The van der Waals surface area contributed by atoms with Crippen LogP contribution < -0.4 is 5.32 Å². The number of benzene rings is 1. The highest BCUT2D eigenvalue weighted by molar-refractivity contribution is 9.11. The molecule has 1 atom stereocenters. The second-order valence-electron chi connectivity index (χ2n) is 4.76. The molecule has 0 bridgehead atoms. The average molecular weight is 428 g/mol. The smallest absolute Gasteiger partial charge is 0.0631 e. The molecule has 0 aliphatic heterocycles. The molecule has 0 aliphatic carbocycles. The highest BCUT2D eigenvalue weighted by Gasteiger charge is 2.10. The summed E-state index contributed by atoms with van der Waals surface area (Å²) in [5.41, 5.74) is 1.13. The predicted molar refractivity (Wildman–Crippen MR) is 86.7 cm³/mol. The van der Waals surface area contributed by atoms with Crippen molar-refractivity contribution in [1.82, 2.24) is 0 Å². The Bertz CT molecular complexity index is 354. The van der Waals surface area contributed by atoms with E-state index in [1.54, 1.807) is 0 Å². The zero-order valence-electron chi connectivity index (χ0n) is 10.4. The molecule has 1 aromatic carbocycles. The molecular formula is C13H18Br3N. The van der Waals surface area contributed by atoms with Gasteiger partial charge in [-0.05, 0) is 69.7 Å². The number of anilines is 1. The van der Waals surface area contributed by atoms with Crippen molar-refractivity contribution in [2.45, 2.75) is 39.7 Å². The van der Waals surface area contributed by atoms with Crippen molar-refractivity contribution in [2.75, 3.05) is 5.32 Å². The monoisotopic (exact) mass is 425 g/mol. The van der Waals surface area contributed by atoms with Gasteiger partial charge in [-0.25, -0.2) is 0 Å². The molecule has 1 nitrogen and oxygen atoms in total. The predicted octanol–water partition coefficient (Wildman–Crippen LogP) is 6.21. The molecule has 0 aliphatic rings. The summed E-state index contributed by atoms with van der Waals surface area (Å²) in [5.74, 6) is 0.760. The molecule has 17 heavy (non-hydrogen) atoms. The van der Waals surface area contributed by atoms with Crippen molar-refractivity contribution in [1.29, 1.82) is 0 Å². The molecule has 1 unspecified atom stereocenters. The fourth-order valence-electron chi connectivity index (χ4n) is 1.58. The third kappa shape index (κ3) is 5.31. The topological polar surface area (TPSA) is 12.0 Å². The third-order valence-corrected chi connectivity index (χ3v) is 4.28. The van der Waals surface area contributed by atoms with E-state index in [1.807, 2.05) is 0 Å². The maximum Gasteiger partial charge on any atom is 0.0631 e. The molecule has 0 radical (unpaired) electrons. The number of nitrogens with one attached hydrogen (secondary N) is 1. The first-order valence-corrected chi connectivity index (χ1v) is 8.19. The van der Waals surface area contributed by atoms with Crippen LogP contribution in [-0.2, 0) is 0 Å². The summed E-state index contributed by atoms with van der Waals surface area (Å²) < 4.78 is 3.22. The van der Waals surface area contributed by atoms with Crippen molar-refractivity contribution < 1.29 is 0 Å². The van der Waals surface area contributed by atoms with Gasteiger partial charge in [0.25, 0.3) is 0 Å². The van der Waals surface area contributed by atoms with Gasteiger partial charge >= 0.3 is 0 Å². The maximum absolute atomic E-state index is 3.58. The van der Waals surface area contributed by atoms with E-state index in [2.05, 4.69) is 86.0 Å². The Labute approximate surface area is 129 Å². The van der Waals surface area contributed by atoms with Gasteiger partial charge in [-0.3, -0.25) is 0 Å². The Morgan fingerprint density at radius 2 is 1.53 bits per heavy atom. The first-order valence-electron chi connectivity index (χ1n) is 5.81. The van der Waals surface area contributed by atoms with Crippen LogP contribution in [0.4, 0.5) is 5.69 Å². The van der Waals surface area contributed by atoms with Gasteiger partial charge in [-0.1, -0.05) is 29.8 Å². The lowest BCUT2D eigenvalue weighted by Gasteiger charge is -2.19. The van der Waals surface area contributed by atoms with Gasteiger partial charge in [0.15, 0.2) is 0 Å². The average Bonchev–Trinajstić information content (AvgIpc) is 2.20. The second kappa shape index (κ2) is 7.15. The SMILES string of the molecule is CC(C)CCC(C)Nc1c(Br)cc(Br)cc1Br. The minimum Gasteiger partial charge on any atom is -0.381 e. The molecule has 0 amide bonds. The summed E-state index contributed by atoms with van der Waals surface area (Å²) in [4.78, 5) is 0. The van der Waals surface area contributed by atoms with Gasteiger partial charge in [0.2, 0.25) is 0 Å². The zero-order chi connectivity index (χ0) is 13.0. The maximum atomic E-state index is 3.58. The van der Waals surface area contributed by atoms with Crippen molar-refractivity contribution in [3.8, 4) is 0 Å². The minimum absolute atomic E-state index is 0.478. The third-order valence-electron chi connectivity index (χ3n) is 2.57. The summed E-state index contributed by atoms with van der Waals surface area (Å²) >= 11 is 10.6. The fraction of sp³-hybridized carbons (Fsp3) is 0.538. The molecular weight excluding hydrogens is 410 g/mol. The van der Waals surface area contributed by atoms with Gasteiger partial charge in [-0.15, -0.1) is 0 Å². The summed E-state index contributed by atoms with van der Waals surface area (Å²) in [5, 5.41) is 3.55. The van der Waals surface area contributed by atoms with E-state index in [-0.39, 0.29) is 0 Å². The summed E-state index contributed by atoms with van der Waals surface area (Å²) in [6, 6.07) is 4.59. The van der Waals surface area contributed by atoms with E-state index in [0.717, 1.165) is 25.0 Å². The van der Waals surface area contributed by atoms with Crippen LogP contribution in [0.2, 0.25) is 0 Å². The highest BCUT2D eigenvalue weighted by atomic mass is 79.9. The van der Waals surface area contributed by atoms with Gasteiger partial charge in [0.05, 0.1) is 5.69 Å². The van der Waals surface area contributed by atoms with Crippen molar-refractivity contribution in [3.05, 3.63) is 25.6 Å². The molecule has 0 spiro atoms. The van der Waals surface area contributed by atoms with E-state index >= 15 is 0 Å². The lowest BCUT2D eigenvalue weighted by atomic mass is 10.0. The summed E-state index contributed by atoms with van der Waals surface area (Å²) in [7, 11) is 0. The van der Waals surface area contributed by atoms with E-state index in [1.165, 1.54) is 12.8 Å². The Morgan fingerprint density at radius 1 is 1.00 bits per heavy atom. The van der Waals surface area contributed by atoms with Gasteiger partial charge in [0, 0.05) is 19.5 Å². The van der Waals surface area contributed by atoms with Crippen LogP contribution in [0.1, 0.15) is 33.6 Å². The zero-order valence-corrected chi connectivity index (χ0v) is 15.1. The largest absolute Gasteiger partial charge is 0.381 e. The first-order chi connectivity index (χ1) is 7.90. The normalized spacial score (nSPS) is 12.9. The van der Waals surface area contributed by atoms with Crippen LogP contribution in [0.3, 0.4) is 0 Å². The van der Waals surface area contributed by atoms with E-state index in [4.69, 9.17) is 0 Å². The highest BCUT2D eigenvalue weighted by Crippen LogP contribution is 2.35. The number of halogens is 3. The molecule has 0 saturated heterocycles. The second-order valence-corrected chi connectivity index (χ2v) is 7.39. The molecule has 96 valence electrons. The molecule has 0 fully saturated rings. The van der Waals surface area contributed by atoms with Gasteiger partial charge in [0.1, 0.15) is 0 Å². The van der Waals surface area contributed by atoms with Gasteiger partial charge < -0.3 is 5.32 Å². The molecule has 1 N–H and O–H groups in total. The van der Waals surface area contributed by atoms with E-state index < -0.39 is 0 Å². The summed E-state index contributed by atoms with van der Waals surface area (Å²) in [6.07, 6.45) is 2.44. The standard InChI is InChI=1S/C13H18Br3N/c1-8(2)4-5-9(3)17-13-11(15)6-10(14)7-12(13)16/h6-9,17H,4-5H2,1-3H3. The quantitative estimate of drug-likeness (QED) is 0.588. The van der Waals surface area contributed by atoms with Crippen LogP contribution in [-0.4, -0.2) is 6.04 Å².